The van der Waals surface area contributed by atoms with Gasteiger partial charge in [0.25, 0.3) is 11.8 Å². The zero-order valence-electron chi connectivity index (χ0n) is 20.8. The number of fused-ring (bicyclic) bond motifs is 1. The van der Waals surface area contributed by atoms with Crippen molar-refractivity contribution in [2.75, 3.05) is 32.8 Å². The molecule has 0 saturated carbocycles. The predicted octanol–water partition coefficient (Wildman–Crippen LogP) is 2.96. The Morgan fingerprint density at radius 2 is 1.85 bits per heavy atom. The summed E-state index contributed by atoms with van der Waals surface area (Å²) in [4.78, 5) is 36.5. The van der Waals surface area contributed by atoms with E-state index in [1.807, 2.05) is 0 Å². The molecule has 2 amide bonds. The number of piperazine rings is 1. The summed E-state index contributed by atoms with van der Waals surface area (Å²) < 4.78 is 51.6. The third-order valence-electron chi connectivity index (χ3n) is 6.39. The highest BCUT2D eigenvalue weighted by molar-refractivity contribution is 5.97. The van der Waals surface area contributed by atoms with Crippen LogP contribution in [0.4, 0.5) is 13.2 Å². The van der Waals surface area contributed by atoms with Crippen molar-refractivity contribution in [3.8, 4) is 28.6 Å². The van der Waals surface area contributed by atoms with Crippen LogP contribution in [0.15, 0.2) is 47.6 Å². The van der Waals surface area contributed by atoms with E-state index in [9.17, 15) is 27.9 Å². The Kier molecular flexibility index (Phi) is 7.30. The number of amides is 2. The molecule has 4 heterocycles. The van der Waals surface area contributed by atoms with Gasteiger partial charge in [0.05, 0.1) is 23.0 Å². The van der Waals surface area contributed by atoms with Gasteiger partial charge in [0.1, 0.15) is 17.8 Å². The van der Waals surface area contributed by atoms with Crippen molar-refractivity contribution < 1.29 is 42.2 Å². The lowest BCUT2D eigenvalue weighted by molar-refractivity contribution is -0.142. The summed E-state index contributed by atoms with van der Waals surface area (Å²) in [6, 6.07) is 4.05. The number of halogens is 3. The number of phenolic OH excluding ortho intramolecular Hbond substituents is 1. The normalized spacial score (nSPS) is 14.1. The lowest BCUT2D eigenvalue weighted by Crippen LogP contribution is -2.50. The number of ether oxygens (including phenoxy) is 1. The fourth-order valence-electron chi connectivity index (χ4n) is 4.37. The molecule has 0 bridgehead atoms. The molecular weight excluding hydrogens is 537 g/mol. The van der Waals surface area contributed by atoms with Crippen molar-refractivity contribution >= 4 is 17.5 Å². The van der Waals surface area contributed by atoms with E-state index in [4.69, 9.17) is 9.84 Å². The first-order valence-electron chi connectivity index (χ1n) is 12.2. The zero-order valence-corrected chi connectivity index (χ0v) is 20.8. The minimum absolute atomic E-state index is 0.0359. The number of imidazole rings is 1. The Balaban J connectivity index is 1.30. The second kappa shape index (κ2) is 10.8. The Morgan fingerprint density at radius 3 is 2.55 bits per heavy atom. The lowest BCUT2D eigenvalue weighted by atomic mass is 10.1. The standard InChI is InChI=1S/C25H23F3N6O6/c26-25(27,28)21-17(14-39-31-21)18-13-30-22-23(29-5-6-34(18)22)40-15-3-4-16(19(36)12-15)24(38)33-9-7-32(8-10-33)20(37)2-1-11-35/h3-6,12-14,35-36H,1-2,7-11H2. The van der Waals surface area contributed by atoms with Gasteiger partial charge in [0.15, 0.2) is 5.69 Å². The number of aliphatic hydroxyl groups excluding tert-OH is 1. The van der Waals surface area contributed by atoms with Crippen LogP contribution in [0.1, 0.15) is 28.9 Å². The van der Waals surface area contributed by atoms with Crippen LogP contribution in [-0.2, 0) is 11.0 Å². The lowest BCUT2D eigenvalue weighted by Gasteiger charge is -2.35. The van der Waals surface area contributed by atoms with Gasteiger partial charge in [0.2, 0.25) is 11.6 Å². The number of aromatic hydroxyl groups is 1. The number of alkyl halides is 3. The molecule has 0 atom stereocenters. The number of carbonyl (C=O) groups excluding carboxylic acids is 2. The summed E-state index contributed by atoms with van der Waals surface area (Å²) >= 11 is 0. The number of nitrogens with zero attached hydrogens (tertiary/aromatic N) is 6. The van der Waals surface area contributed by atoms with Gasteiger partial charge in [0, 0.05) is 57.7 Å². The minimum Gasteiger partial charge on any atom is -0.507 e. The maximum Gasteiger partial charge on any atom is 0.437 e. The molecule has 0 unspecified atom stereocenters. The van der Waals surface area contributed by atoms with Gasteiger partial charge in [-0.1, -0.05) is 5.16 Å². The second-order valence-corrected chi connectivity index (χ2v) is 8.93. The molecule has 2 N–H and O–H groups in total. The number of rotatable bonds is 7. The monoisotopic (exact) mass is 560 g/mol. The van der Waals surface area contributed by atoms with Crippen LogP contribution in [0.5, 0.6) is 17.4 Å². The summed E-state index contributed by atoms with van der Waals surface area (Å²) in [5.41, 5.74) is -1.33. The molecule has 1 aliphatic rings. The van der Waals surface area contributed by atoms with E-state index < -0.39 is 17.8 Å². The van der Waals surface area contributed by atoms with Crippen molar-refractivity contribution in [2.24, 2.45) is 0 Å². The molecule has 5 rings (SSSR count). The van der Waals surface area contributed by atoms with Gasteiger partial charge < -0.3 is 29.3 Å². The molecular formula is C25H23F3N6O6. The molecule has 0 aliphatic carbocycles. The SMILES string of the molecule is O=C(CCCO)N1CCN(C(=O)c2ccc(Oc3nccn4c(-c5conc5C(F)(F)F)cnc34)cc2O)CC1. The van der Waals surface area contributed by atoms with Crippen LogP contribution in [0.25, 0.3) is 16.9 Å². The number of benzene rings is 1. The molecule has 1 fully saturated rings. The number of hydrogen-bond acceptors (Lipinski definition) is 9. The number of carbonyl (C=O) groups is 2. The molecule has 4 aromatic rings. The van der Waals surface area contributed by atoms with E-state index in [0.717, 1.165) is 6.26 Å². The third-order valence-corrected chi connectivity index (χ3v) is 6.39. The van der Waals surface area contributed by atoms with E-state index >= 15 is 0 Å². The van der Waals surface area contributed by atoms with Crippen molar-refractivity contribution in [2.45, 2.75) is 19.0 Å². The van der Waals surface area contributed by atoms with Crippen LogP contribution in [-0.4, -0.2) is 84.1 Å². The largest absolute Gasteiger partial charge is 0.507 e. The van der Waals surface area contributed by atoms with Crippen LogP contribution in [0.3, 0.4) is 0 Å². The van der Waals surface area contributed by atoms with Crippen LogP contribution in [0.2, 0.25) is 0 Å². The van der Waals surface area contributed by atoms with E-state index in [1.165, 1.54) is 46.1 Å². The smallest absolute Gasteiger partial charge is 0.437 e. The molecule has 210 valence electrons. The summed E-state index contributed by atoms with van der Waals surface area (Å²) in [6.07, 6.45) is 0.663. The highest BCUT2D eigenvalue weighted by atomic mass is 19.4. The number of aromatic nitrogens is 4. The fraction of sp³-hybridized carbons (Fsp3) is 0.320. The second-order valence-electron chi connectivity index (χ2n) is 8.93. The molecule has 1 aromatic carbocycles. The van der Waals surface area contributed by atoms with Gasteiger partial charge in [-0.05, 0) is 18.6 Å². The Bertz CT molecular complexity index is 1540. The van der Waals surface area contributed by atoms with E-state index in [0.29, 0.717) is 19.5 Å². The highest BCUT2D eigenvalue weighted by Crippen LogP contribution is 2.37. The summed E-state index contributed by atoms with van der Waals surface area (Å²) in [5, 5.41) is 22.5. The van der Waals surface area contributed by atoms with Gasteiger partial charge in [-0.2, -0.15) is 13.2 Å². The van der Waals surface area contributed by atoms with Crippen molar-refractivity contribution in [3.05, 3.63) is 54.3 Å². The van der Waals surface area contributed by atoms with Gasteiger partial charge in [-0.25, -0.2) is 9.97 Å². The topological polar surface area (TPSA) is 147 Å². The quantitative estimate of drug-likeness (QED) is 0.348. The molecule has 1 aliphatic heterocycles. The molecule has 0 spiro atoms. The van der Waals surface area contributed by atoms with E-state index in [1.54, 1.807) is 4.90 Å². The number of hydrogen-bond donors (Lipinski definition) is 2. The Morgan fingerprint density at radius 1 is 1.10 bits per heavy atom. The summed E-state index contributed by atoms with van der Waals surface area (Å²) in [7, 11) is 0. The molecule has 40 heavy (non-hydrogen) atoms. The highest BCUT2D eigenvalue weighted by Gasteiger charge is 2.38. The number of phenols is 1. The van der Waals surface area contributed by atoms with Gasteiger partial charge in [-0.15, -0.1) is 0 Å². The molecule has 15 heteroatoms. The fourth-order valence-corrected chi connectivity index (χ4v) is 4.37. The van der Waals surface area contributed by atoms with Crippen molar-refractivity contribution in [1.82, 2.24) is 29.3 Å². The maximum absolute atomic E-state index is 13.3. The molecule has 3 aromatic heterocycles. The first-order valence-corrected chi connectivity index (χ1v) is 12.2. The average molecular weight is 560 g/mol. The molecule has 12 nitrogen and oxygen atoms in total. The predicted molar refractivity (Wildman–Crippen MR) is 130 cm³/mol. The van der Waals surface area contributed by atoms with Crippen molar-refractivity contribution in [1.29, 1.82) is 0 Å². The Labute approximate surface area is 224 Å². The third kappa shape index (κ3) is 5.27. The molecule has 0 radical (unpaired) electrons. The van der Waals surface area contributed by atoms with E-state index in [2.05, 4.69) is 19.6 Å². The maximum atomic E-state index is 13.3. The van der Waals surface area contributed by atoms with Crippen LogP contribution < -0.4 is 4.74 Å². The summed E-state index contributed by atoms with van der Waals surface area (Å²) in [6.45, 7) is 1.21. The Hall–Kier alpha value is -4.66. The van der Waals surface area contributed by atoms with Crippen LogP contribution in [0, 0.1) is 0 Å². The first-order chi connectivity index (χ1) is 19.2. The van der Waals surface area contributed by atoms with Crippen molar-refractivity contribution in [3.63, 3.8) is 0 Å². The summed E-state index contributed by atoms with van der Waals surface area (Å²) in [5.74, 6) is -0.794. The van der Waals surface area contributed by atoms with E-state index in [-0.39, 0.29) is 71.9 Å². The molecule has 1 saturated heterocycles. The van der Waals surface area contributed by atoms with Crippen LogP contribution >= 0.6 is 0 Å². The average Bonchev–Trinajstić information content (AvgIpc) is 3.59. The van der Waals surface area contributed by atoms with Gasteiger partial charge >= 0.3 is 6.18 Å². The number of aliphatic hydroxyl groups is 1. The first kappa shape index (κ1) is 26.9. The zero-order chi connectivity index (χ0) is 28.4. The minimum atomic E-state index is -4.74. The van der Waals surface area contributed by atoms with Gasteiger partial charge in [-0.3, -0.25) is 14.0 Å².